The zero-order valence-corrected chi connectivity index (χ0v) is 16.5. The lowest BCUT2D eigenvalue weighted by Gasteiger charge is -2.37. The zero-order valence-electron chi connectivity index (χ0n) is 15.7. The van der Waals surface area contributed by atoms with Crippen molar-refractivity contribution in [3.8, 4) is 0 Å². The van der Waals surface area contributed by atoms with Gasteiger partial charge in [0.1, 0.15) is 5.82 Å². The van der Waals surface area contributed by atoms with Crippen molar-refractivity contribution in [2.45, 2.75) is 39.0 Å². The van der Waals surface area contributed by atoms with Gasteiger partial charge in [0.25, 0.3) is 0 Å². The molecule has 0 N–H and O–H groups in total. The molecule has 9 heteroatoms. The maximum Gasteiger partial charge on any atom is 0.214 e. The van der Waals surface area contributed by atoms with E-state index in [4.69, 9.17) is 0 Å². The van der Waals surface area contributed by atoms with Crippen LogP contribution < -0.4 is 4.90 Å². The number of anilines is 1. The molecule has 3 aliphatic rings. The van der Waals surface area contributed by atoms with Gasteiger partial charge in [0.15, 0.2) is 11.5 Å². The number of aromatic nitrogens is 4. The molecule has 27 heavy (non-hydrogen) atoms. The molecule has 0 radical (unpaired) electrons. The number of fused-ring (bicyclic) bond motifs is 3. The molecule has 146 valence electrons. The lowest BCUT2D eigenvalue weighted by atomic mass is 9.87. The highest BCUT2D eigenvalue weighted by atomic mass is 32.2. The quantitative estimate of drug-likeness (QED) is 0.786. The van der Waals surface area contributed by atoms with Crippen molar-refractivity contribution < 1.29 is 8.42 Å². The van der Waals surface area contributed by atoms with Gasteiger partial charge in [-0.25, -0.2) is 13.4 Å². The molecule has 0 spiro atoms. The molecule has 0 unspecified atom stereocenters. The molecule has 0 atom stereocenters. The van der Waals surface area contributed by atoms with E-state index in [2.05, 4.69) is 20.0 Å². The molecular weight excluding hydrogens is 364 g/mol. The van der Waals surface area contributed by atoms with E-state index in [0.29, 0.717) is 37.8 Å². The fraction of sp³-hybridized carbons (Fsp3) is 0.722. The van der Waals surface area contributed by atoms with Gasteiger partial charge in [-0.1, -0.05) is 0 Å². The number of piperazine rings is 1. The zero-order chi connectivity index (χ0) is 18.6. The normalized spacial score (nSPS) is 29.1. The highest BCUT2D eigenvalue weighted by Crippen LogP contribution is 2.54. The molecule has 2 bridgehead atoms. The fourth-order valence-electron chi connectivity index (χ4n) is 5.31. The summed E-state index contributed by atoms with van der Waals surface area (Å²) in [5, 5.41) is 4.44. The third-order valence-corrected chi connectivity index (χ3v) is 8.80. The van der Waals surface area contributed by atoms with E-state index < -0.39 is 10.0 Å². The summed E-state index contributed by atoms with van der Waals surface area (Å²) in [7, 11) is -3.20. The van der Waals surface area contributed by atoms with Gasteiger partial charge in [-0.3, -0.25) is 4.98 Å². The van der Waals surface area contributed by atoms with Gasteiger partial charge in [0.2, 0.25) is 10.0 Å². The highest BCUT2D eigenvalue weighted by molar-refractivity contribution is 7.89. The van der Waals surface area contributed by atoms with E-state index in [1.807, 2.05) is 6.92 Å². The number of sulfonamides is 1. The van der Waals surface area contributed by atoms with Gasteiger partial charge < -0.3 is 4.90 Å². The van der Waals surface area contributed by atoms with Crippen LogP contribution in [0.5, 0.6) is 0 Å². The van der Waals surface area contributed by atoms with Gasteiger partial charge >= 0.3 is 0 Å². The Hall–Kier alpha value is -1.74. The van der Waals surface area contributed by atoms with Crippen molar-refractivity contribution >= 4 is 21.5 Å². The molecule has 3 fully saturated rings. The minimum atomic E-state index is -3.20. The van der Waals surface area contributed by atoms with Gasteiger partial charge in [-0.15, -0.1) is 5.10 Å². The molecule has 2 saturated carbocycles. The third-order valence-electron chi connectivity index (χ3n) is 6.67. The van der Waals surface area contributed by atoms with Crippen molar-refractivity contribution in [2.75, 3.05) is 36.8 Å². The molecular formula is C18H26N6O2S. The molecule has 1 aliphatic heterocycles. The van der Waals surface area contributed by atoms with Crippen LogP contribution in [0.15, 0.2) is 12.4 Å². The van der Waals surface area contributed by atoms with Crippen LogP contribution in [-0.4, -0.2) is 64.2 Å². The fourth-order valence-corrected chi connectivity index (χ4v) is 7.39. The molecule has 3 heterocycles. The second-order valence-corrected chi connectivity index (χ2v) is 10.5. The largest absolute Gasteiger partial charge is 0.353 e. The molecule has 0 amide bonds. The molecule has 2 aromatic heterocycles. The Bertz CT molecular complexity index is 955. The second kappa shape index (κ2) is 6.13. The first-order valence-electron chi connectivity index (χ1n) is 9.84. The minimum absolute atomic E-state index is 0.0639. The van der Waals surface area contributed by atoms with Gasteiger partial charge in [-0.2, -0.15) is 8.82 Å². The number of rotatable bonds is 4. The third kappa shape index (κ3) is 3.00. The maximum atomic E-state index is 13.1. The SMILES string of the molecule is Cc1nc2cncc(N3CCN(S(=O)(=O)CC45CCC(CC4)C5)CC3)n2n1. The molecule has 8 nitrogen and oxygen atoms in total. The Labute approximate surface area is 159 Å². The van der Waals surface area contributed by atoms with Crippen molar-refractivity contribution in [1.29, 1.82) is 0 Å². The van der Waals surface area contributed by atoms with Crippen LogP contribution in [0.2, 0.25) is 0 Å². The summed E-state index contributed by atoms with van der Waals surface area (Å²) >= 11 is 0. The number of hydrogen-bond acceptors (Lipinski definition) is 6. The standard InChI is InChI=1S/C18H26N6O2S/c1-14-20-16-11-19-12-17(24(16)21-14)22-6-8-23(9-7-22)27(25,26)13-18-4-2-15(10-18)3-5-18/h11-12,15H,2-10,13H2,1H3. The molecule has 0 aromatic carbocycles. The van der Waals surface area contributed by atoms with Crippen LogP contribution in [0.3, 0.4) is 0 Å². The number of nitrogens with zero attached hydrogens (tertiary/aromatic N) is 6. The number of aryl methyl sites for hydroxylation is 1. The summed E-state index contributed by atoms with van der Waals surface area (Å²) in [5.74, 6) is 2.70. The monoisotopic (exact) mass is 390 g/mol. The van der Waals surface area contributed by atoms with Gasteiger partial charge in [0, 0.05) is 26.2 Å². The van der Waals surface area contributed by atoms with Gasteiger partial charge in [0.05, 0.1) is 18.1 Å². The average Bonchev–Trinajstić information content (AvgIpc) is 3.33. The van der Waals surface area contributed by atoms with E-state index in [-0.39, 0.29) is 5.41 Å². The van der Waals surface area contributed by atoms with E-state index in [9.17, 15) is 8.42 Å². The van der Waals surface area contributed by atoms with E-state index >= 15 is 0 Å². The van der Waals surface area contributed by atoms with E-state index in [1.54, 1.807) is 21.2 Å². The van der Waals surface area contributed by atoms with Crippen LogP contribution in [-0.2, 0) is 10.0 Å². The van der Waals surface area contributed by atoms with Crippen LogP contribution in [0.25, 0.3) is 5.65 Å². The second-order valence-electron chi connectivity index (χ2n) is 8.48. The van der Waals surface area contributed by atoms with E-state index in [0.717, 1.165) is 36.6 Å². The van der Waals surface area contributed by atoms with Crippen molar-refractivity contribution in [3.63, 3.8) is 0 Å². The molecule has 2 aromatic rings. The Morgan fingerprint density at radius 1 is 1.15 bits per heavy atom. The maximum absolute atomic E-state index is 13.1. The summed E-state index contributed by atoms with van der Waals surface area (Å²) in [6, 6.07) is 0. The van der Waals surface area contributed by atoms with Crippen LogP contribution in [0, 0.1) is 18.3 Å². The Morgan fingerprint density at radius 2 is 1.89 bits per heavy atom. The predicted octanol–water partition coefficient (Wildman–Crippen LogP) is 1.46. The first-order valence-corrected chi connectivity index (χ1v) is 11.5. The average molecular weight is 391 g/mol. The lowest BCUT2D eigenvalue weighted by Crippen LogP contribution is -2.51. The summed E-state index contributed by atoms with van der Waals surface area (Å²) in [4.78, 5) is 10.8. The highest BCUT2D eigenvalue weighted by Gasteiger charge is 2.48. The van der Waals surface area contributed by atoms with Crippen molar-refractivity contribution in [3.05, 3.63) is 18.2 Å². The van der Waals surface area contributed by atoms with E-state index in [1.165, 1.54) is 12.8 Å². The van der Waals surface area contributed by atoms with Crippen LogP contribution in [0.4, 0.5) is 5.82 Å². The molecule has 1 saturated heterocycles. The Balaban J connectivity index is 1.29. The predicted molar refractivity (Wildman–Crippen MR) is 102 cm³/mol. The summed E-state index contributed by atoms with van der Waals surface area (Å²) in [5.41, 5.74) is 0.783. The summed E-state index contributed by atoms with van der Waals surface area (Å²) in [6.07, 6.45) is 9.22. The first kappa shape index (κ1) is 17.4. The Morgan fingerprint density at radius 3 is 2.56 bits per heavy atom. The topological polar surface area (TPSA) is 83.7 Å². The molecule has 2 aliphatic carbocycles. The van der Waals surface area contributed by atoms with Gasteiger partial charge in [-0.05, 0) is 50.4 Å². The lowest BCUT2D eigenvalue weighted by molar-refractivity contribution is 0.317. The molecule has 5 rings (SSSR count). The summed E-state index contributed by atoms with van der Waals surface area (Å²) in [6.45, 7) is 4.19. The van der Waals surface area contributed by atoms with Crippen molar-refractivity contribution in [2.24, 2.45) is 11.3 Å². The first-order chi connectivity index (χ1) is 12.9. The summed E-state index contributed by atoms with van der Waals surface area (Å²) < 4.78 is 29.6. The smallest absolute Gasteiger partial charge is 0.214 e. The minimum Gasteiger partial charge on any atom is -0.353 e. The van der Waals surface area contributed by atoms with Crippen LogP contribution in [0.1, 0.15) is 37.9 Å². The Kier molecular flexibility index (Phi) is 3.94. The van der Waals surface area contributed by atoms with Crippen molar-refractivity contribution in [1.82, 2.24) is 23.9 Å². The van der Waals surface area contributed by atoms with Crippen LogP contribution >= 0.6 is 0 Å². The number of hydrogen-bond donors (Lipinski definition) is 0.